The summed E-state index contributed by atoms with van der Waals surface area (Å²) >= 11 is 0. The highest BCUT2D eigenvalue weighted by molar-refractivity contribution is 5.79. The first-order chi connectivity index (χ1) is 7.12. The Labute approximate surface area is 84.7 Å². The van der Waals surface area contributed by atoms with Gasteiger partial charge < -0.3 is 10.2 Å². The van der Waals surface area contributed by atoms with E-state index in [2.05, 4.69) is 0 Å². The maximum Gasteiger partial charge on any atom is 0.142 e. The van der Waals surface area contributed by atoms with Gasteiger partial charge in [-0.25, -0.2) is 8.78 Å². The largest absolute Gasteiger partial charge is 0.464 e. The summed E-state index contributed by atoms with van der Waals surface area (Å²) in [5.74, 6) is -1.20. The number of halogens is 2. The van der Waals surface area contributed by atoms with Gasteiger partial charge in [-0.2, -0.15) is 0 Å². The average molecular weight is 209 g/mol. The minimum Gasteiger partial charge on any atom is -0.464 e. The van der Waals surface area contributed by atoms with Crippen LogP contribution in [0.15, 0.2) is 22.8 Å². The summed E-state index contributed by atoms with van der Waals surface area (Å²) < 4.78 is 32.5. The lowest BCUT2D eigenvalue weighted by molar-refractivity contribution is 0.523. The second kappa shape index (κ2) is 2.58. The highest BCUT2D eigenvalue weighted by Crippen LogP contribution is 2.46. The fourth-order valence-electron chi connectivity index (χ4n) is 1.88. The van der Waals surface area contributed by atoms with Gasteiger partial charge in [0.15, 0.2) is 0 Å². The third kappa shape index (κ3) is 1.11. The maximum absolute atomic E-state index is 13.9. The fraction of sp³-hybridized carbons (Fsp3) is 0.273. The Bertz CT molecular complexity index is 543. The van der Waals surface area contributed by atoms with Gasteiger partial charge in [-0.3, -0.25) is 0 Å². The monoisotopic (exact) mass is 209 g/mol. The molecular weight excluding hydrogens is 200 g/mol. The van der Waals surface area contributed by atoms with Crippen LogP contribution in [0.1, 0.15) is 18.4 Å². The minimum absolute atomic E-state index is 0.00333. The quantitative estimate of drug-likeness (QED) is 0.784. The predicted octanol–water partition coefficient (Wildman–Crippen LogP) is 2.66. The zero-order valence-corrected chi connectivity index (χ0v) is 7.89. The molecule has 0 bridgehead atoms. The second-order valence-electron chi connectivity index (χ2n) is 4.04. The van der Waals surface area contributed by atoms with E-state index in [1.54, 1.807) is 0 Å². The first-order valence-electron chi connectivity index (χ1n) is 4.76. The lowest BCUT2D eigenvalue weighted by Gasteiger charge is -2.11. The summed E-state index contributed by atoms with van der Waals surface area (Å²) in [4.78, 5) is 0. The van der Waals surface area contributed by atoms with Crippen LogP contribution >= 0.6 is 0 Å². The summed E-state index contributed by atoms with van der Waals surface area (Å²) in [7, 11) is 0. The Morgan fingerprint density at radius 3 is 2.73 bits per heavy atom. The molecule has 0 spiro atoms. The van der Waals surface area contributed by atoms with Crippen molar-refractivity contribution in [3.63, 3.8) is 0 Å². The van der Waals surface area contributed by atoms with Crippen LogP contribution in [0.4, 0.5) is 8.78 Å². The SMILES string of the molecule is NC1(c2c(F)cc3occc3c2F)CC1. The van der Waals surface area contributed by atoms with Crippen molar-refractivity contribution in [2.75, 3.05) is 0 Å². The number of fused-ring (bicyclic) bond motifs is 1. The molecule has 15 heavy (non-hydrogen) atoms. The molecule has 1 fully saturated rings. The van der Waals surface area contributed by atoms with Crippen LogP contribution in [0.2, 0.25) is 0 Å². The van der Waals surface area contributed by atoms with Gasteiger partial charge in [0, 0.05) is 17.2 Å². The van der Waals surface area contributed by atoms with E-state index in [0.29, 0.717) is 18.2 Å². The van der Waals surface area contributed by atoms with Gasteiger partial charge in [0.25, 0.3) is 0 Å². The first-order valence-corrected chi connectivity index (χ1v) is 4.76. The molecule has 0 unspecified atom stereocenters. The molecule has 1 saturated carbocycles. The molecule has 3 rings (SSSR count). The molecule has 2 aromatic rings. The molecule has 0 saturated heterocycles. The number of rotatable bonds is 1. The van der Waals surface area contributed by atoms with Crippen LogP contribution in [-0.4, -0.2) is 0 Å². The molecule has 0 atom stereocenters. The van der Waals surface area contributed by atoms with E-state index in [1.807, 2.05) is 0 Å². The van der Waals surface area contributed by atoms with E-state index >= 15 is 0 Å². The molecule has 1 aromatic carbocycles. The van der Waals surface area contributed by atoms with E-state index in [9.17, 15) is 8.78 Å². The van der Waals surface area contributed by atoms with Gasteiger partial charge in [-0.1, -0.05) is 0 Å². The van der Waals surface area contributed by atoms with E-state index in [4.69, 9.17) is 10.2 Å². The standard InChI is InChI=1S/C11H9F2NO/c12-7-5-8-6(1-4-15-8)10(13)9(7)11(14)2-3-11/h1,4-5H,2-3,14H2. The molecule has 0 radical (unpaired) electrons. The van der Waals surface area contributed by atoms with E-state index in [-0.39, 0.29) is 11.1 Å². The second-order valence-corrected chi connectivity index (χ2v) is 4.04. The van der Waals surface area contributed by atoms with Crippen LogP contribution in [0.3, 0.4) is 0 Å². The zero-order valence-electron chi connectivity index (χ0n) is 7.89. The van der Waals surface area contributed by atoms with Gasteiger partial charge in [0.05, 0.1) is 11.6 Å². The topological polar surface area (TPSA) is 39.2 Å². The molecule has 1 aromatic heterocycles. The van der Waals surface area contributed by atoms with Crippen LogP contribution in [0.5, 0.6) is 0 Å². The highest BCUT2D eigenvalue weighted by Gasteiger charge is 2.44. The van der Waals surface area contributed by atoms with Crippen LogP contribution in [0, 0.1) is 11.6 Å². The third-order valence-electron chi connectivity index (χ3n) is 2.93. The number of furan rings is 1. The average Bonchev–Trinajstić information content (AvgIpc) is 2.75. The summed E-state index contributed by atoms with van der Waals surface area (Å²) in [5.41, 5.74) is 5.23. The Balaban J connectivity index is 2.37. The molecule has 2 nitrogen and oxygen atoms in total. The molecule has 2 N–H and O–H groups in total. The summed E-state index contributed by atoms with van der Waals surface area (Å²) in [6.45, 7) is 0. The Hall–Kier alpha value is -1.42. The smallest absolute Gasteiger partial charge is 0.142 e. The lowest BCUT2D eigenvalue weighted by atomic mass is 10.0. The predicted molar refractivity (Wildman–Crippen MR) is 51.2 cm³/mol. The van der Waals surface area contributed by atoms with Crippen molar-refractivity contribution >= 4 is 11.0 Å². The van der Waals surface area contributed by atoms with Gasteiger partial charge >= 0.3 is 0 Å². The van der Waals surface area contributed by atoms with Crippen molar-refractivity contribution in [2.45, 2.75) is 18.4 Å². The van der Waals surface area contributed by atoms with Gasteiger partial charge in [-0.05, 0) is 18.9 Å². The lowest BCUT2D eigenvalue weighted by Crippen LogP contribution is -2.22. The zero-order chi connectivity index (χ0) is 10.6. The number of nitrogens with two attached hydrogens (primary N) is 1. The molecule has 4 heteroatoms. The van der Waals surface area contributed by atoms with Crippen molar-refractivity contribution in [1.29, 1.82) is 0 Å². The molecule has 0 aliphatic heterocycles. The van der Waals surface area contributed by atoms with Crippen molar-refractivity contribution < 1.29 is 13.2 Å². The Morgan fingerprint density at radius 1 is 1.33 bits per heavy atom. The van der Waals surface area contributed by atoms with Crippen molar-refractivity contribution in [2.24, 2.45) is 5.73 Å². The first kappa shape index (κ1) is 8.85. The molecule has 78 valence electrons. The van der Waals surface area contributed by atoms with E-state index in [0.717, 1.165) is 0 Å². The van der Waals surface area contributed by atoms with Crippen LogP contribution < -0.4 is 5.73 Å². The Kier molecular flexibility index (Phi) is 1.52. The summed E-state index contributed by atoms with van der Waals surface area (Å²) in [6, 6.07) is 2.68. The minimum atomic E-state index is -0.806. The molecule has 0 amide bonds. The van der Waals surface area contributed by atoms with Crippen molar-refractivity contribution in [1.82, 2.24) is 0 Å². The van der Waals surface area contributed by atoms with E-state index < -0.39 is 17.2 Å². The molecule has 1 aliphatic carbocycles. The number of hydrogen-bond donors (Lipinski definition) is 1. The third-order valence-corrected chi connectivity index (χ3v) is 2.93. The van der Waals surface area contributed by atoms with Crippen molar-refractivity contribution in [3.05, 3.63) is 35.6 Å². The van der Waals surface area contributed by atoms with Crippen molar-refractivity contribution in [3.8, 4) is 0 Å². The van der Waals surface area contributed by atoms with Gasteiger partial charge in [-0.15, -0.1) is 0 Å². The number of benzene rings is 1. The van der Waals surface area contributed by atoms with Crippen LogP contribution in [-0.2, 0) is 5.54 Å². The van der Waals surface area contributed by atoms with E-state index in [1.165, 1.54) is 18.4 Å². The highest BCUT2D eigenvalue weighted by atomic mass is 19.1. The molecule has 1 heterocycles. The van der Waals surface area contributed by atoms with Gasteiger partial charge in [0.1, 0.15) is 17.2 Å². The number of hydrogen-bond acceptors (Lipinski definition) is 2. The van der Waals surface area contributed by atoms with Gasteiger partial charge in [0.2, 0.25) is 0 Å². The summed E-state index contributed by atoms with van der Waals surface area (Å²) in [6.07, 6.45) is 2.60. The fourth-order valence-corrected chi connectivity index (χ4v) is 1.88. The maximum atomic E-state index is 13.9. The normalized spacial score (nSPS) is 18.3. The molecular formula is C11H9F2NO. The summed E-state index contributed by atoms with van der Waals surface area (Å²) in [5, 5.41) is 0.295. The Morgan fingerprint density at radius 2 is 2.07 bits per heavy atom. The molecule has 1 aliphatic rings. The van der Waals surface area contributed by atoms with Crippen LogP contribution in [0.25, 0.3) is 11.0 Å².